The molecule has 0 aliphatic carbocycles. The van der Waals surface area contributed by atoms with E-state index in [4.69, 9.17) is 4.74 Å². The van der Waals surface area contributed by atoms with Gasteiger partial charge in [0.05, 0.1) is 28.4 Å². The summed E-state index contributed by atoms with van der Waals surface area (Å²) in [5.41, 5.74) is 0.712. The maximum absolute atomic E-state index is 12.9. The zero-order chi connectivity index (χ0) is 22.9. The van der Waals surface area contributed by atoms with Gasteiger partial charge in [-0.2, -0.15) is 0 Å². The minimum Gasteiger partial charge on any atom is -0.497 e. The normalized spacial score (nSPS) is 16.9. The van der Waals surface area contributed by atoms with Crippen molar-refractivity contribution in [1.29, 1.82) is 0 Å². The Morgan fingerprint density at radius 3 is 2.06 bits per heavy atom. The molecule has 0 saturated carbocycles. The van der Waals surface area contributed by atoms with Crippen molar-refractivity contribution < 1.29 is 27.5 Å². The van der Waals surface area contributed by atoms with Crippen molar-refractivity contribution in [3.63, 3.8) is 0 Å². The number of carbonyl (C=O) groups excluding carboxylic acids is 3. The second kappa shape index (κ2) is 8.74. The fraction of sp³-hybridized carbons (Fsp3) is 0.348. The highest BCUT2D eigenvalue weighted by molar-refractivity contribution is 7.92. The van der Waals surface area contributed by atoms with Gasteiger partial charge in [-0.1, -0.05) is 12.1 Å². The number of hydrogen-bond donors (Lipinski definition) is 0. The molecule has 3 amide bonds. The molecule has 9 heteroatoms. The number of fused-ring (bicyclic) bond motifs is 1. The summed E-state index contributed by atoms with van der Waals surface area (Å²) >= 11 is 0. The SMILES string of the molecule is COc1ccc(S(=O)(=O)C2CCN(C(=O)CCN3C(=O)c4ccccc4C3=O)CC2)cc1. The highest BCUT2D eigenvalue weighted by Gasteiger charge is 2.36. The van der Waals surface area contributed by atoms with Gasteiger partial charge in [-0.25, -0.2) is 8.42 Å². The number of likely N-dealkylation sites (tertiary alicyclic amines) is 1. The van der Waals surface area contributed by atoms with E-state index >= 15 is 0 Å². The summed E-state index contributed by atoms with van der Waals surface area (Å²) in [5.74, 6) is -0.380. The summed E-state index contributed by atoms with van der Waals surface area (Å²) in [6.07, 6.45) is 0.696. The van der Waals surface area contributed by atoms with E-state index in [9.17, 15) is 22.8 Å². The van der Waals surface area contributed by atoms with E-state index in [0.717, 1.165) is 4.90 Å². The van der Waals surface area contributed by atoms with E-state index in [1.54, 1.807) is 41.3 Å². The smallest absolute Gasteiger partial charge is 0.261 e. The largest absolute Gasteiger partial charge is 0.497 e. The molecule has 0 aromatic heterocycles. The monoisotopic (exact) mass is 456 g/mol. The molecule has 1 saturated heterocycles. The summed E-state index contributed by atoms with van der Waals surface area (Å²) in [7, 11) is -1.98. The number of sulfone groups is 1. The van der Waals surface area contributed by atoms with Gasteiger partial charge in [0, 0.05) is 26.1 Å². The number of nitrogens with zero attached hydrogens (tertiary/aromatic N) is 2. The number of benzene rings is 2. The average molecular weight is 457 g/mol. The van der Waals surface area contributed by atoms with Crippen LogP contribution in [0.3, 0.4) is 0 Å². The van der Waals surface area contributed by atoms with Gasteiger partial charge in [-0.05, 0) is 49.2 Å². The molecule has 0 unspecified atom stereocenters. The van der Waals surface area contributed by atoms with Crippen LogP contribution in [-0.4, -0.2) is 67.9 Å². The van der Waals surface area contributed by atoms with E-state index in [0.29, 0.717) is 42.8 Å². The Morgan fingerprint density at radius 2 is 1.53 bits per heavy atom. The van der Waals surface area contributed by atoms with E-state index < -0.39 is 15.1 Å². The first-order valence-electron chi connectivity index (χ1n) is 10.4. The lowest BCUT2D eigenvalue weighted by atomic mass is 10.1. The molecule has 168 valence electrons. The molecule has 0 atom stereocenters. The van der Waals surface area contributed by atoms with Crippen molar-refractivity contribution in [2.24, 2.45) is 0 Å². The zero-order valence-electron chi connectivity index (χ0n) is 17.7. The minimum atomic E-state index is -3.50. The molecule has 2 aliphatic heterocycles. The third-order valence-corrected chi connectivity index (χ3v) is 8.33. The van der Waals surface area contributed by atoms with Crippen LogP contribution in [0.4, 0.5) is 0 Å². The summed E-state index contributed by atoms with van der Waals surface area (Å²) < 4.78 is 30.9. The molecule has 32 heavy (non-hydrogen) atoms. The van der Waals surface area contributed by atoms with Gasteiger partial charge in [-0.15, -0.1) is 0 Å². The Labute approximate surface area is 186 Å². The molecule has 1 fully saturated rings. The van der Waals surface area contributed by atoms with Crippen LogP contribution < -0.4 is 4.74 Å². The molecule has 2 aliphatic rings. The minimum absolute atomic E-state index is 0.00918. The number of piperidine rings is 1. The van der Waals surface area contributed by atoms with Gasteiger partial charge < -0.3 is 9.64 Å². The molecule has 2 aromatic carbocycles. The van der Waals surface area contributed by atoms with Gasteiger partial charge in [0.2, 0.25) is 5.91 Å². The molecule has 2 heterocycles. The van der Waals surface area contributed by atoms with Gasteiger partial charge in [0.15, 0.2) is 9.84 Å². The van der Waals surface area contributed by atoms with Crippen molar-refractivity contribution in [2.45, 2.75) is 29.4 Å². The van der Waals surface area contributed by atoms with Crippen molar-refractivity contribution in [2.75, 3.05) is 26.7 Å². The zero-order valence-corrected chi connectivity index (χ0v) is 18.5. The molecule has 8 nitrogen and oxygen atoms in total. The second-order valence-corrected chi connectivity index (χ2v) is 10.1. The number of hydrogen-bond acceptors (Lipinski definition) is 6. The molecule has 0 spiro atoms. The van der Waals surface area contributed by atoms with Gasteiger partial charge in [0.25, 0.3) is 11.8 Å². The van der Waals surface area contributed by atoms with Gasteiger partial charge in [-0.3, -0.25) is 19.3 Å². The number of carbonyl (C=O) groups is 3. The van der Waals surface area contributed by atoms with Crippen LogP contribution in [0.15, 0.2) is 53.4 Å². The highest BCUT2D eigenvalue weighted by Crippen LogP contribution is 2.27. The predicted octanol–water partition coefficient (Wildman–Crippen LogP) is 2.15. The lowest BCUT2D eigenvalue weighted by Gasteiger charge is -2.32. The molecular weight excluding hydrogens is 432 g/mol. The Bertz CT molecular complexity index is 1120. The number of imide groups is 1. The standard InChI is InChI=1S/C23H24N2O6S/c1-31-16-6-8-17(9-7-16)32(29,30)18-10-13-24(14-11-18)21(26)12-15-25-22(27)19-4-2-3-5-20(19)23(25)28/h2-9,18H,10-15H2,1H3. The number of rotatable bonds is 6. The van der Waals surface area contributed by atoms with Crippen LogP contribution in [-0.2, 0) is 14.6 Å². The van der Waals surface area contributed by atoms with Crippen molar-refractivity contribution >= 4 is 27.6 Å². The van der Waals surface area contributed by atoms with Crippen LogP contribution in [0, 0.1) is 0 Å². The Morgan fingerprint density at radius 1 is 0.969 bits per heavy atom. The van der Waals surface area contributed by atoms with Crippen molar-refractivity contribution in [1.82, 2.24) is 9.80 Å². The summed E-state index contributed by atoms with van der Waals surface area (Å²) in [6, 6.07) is 12.9. The van der Waals surface area contributed by atoms with Gasteiger partial charge in [0.1, 0.15) is 5.75 Å². The maximum atomic E-state index is 12.9. The maximum Gasteiger partial charge on any atom is 0.261 e. The van der Waals surface area contributed by atoms with Crippen molar-refractivity contribution in [3.8, 4) is 5.75 Å². The molecule has 0 radical (unpaired) electrons. The van der Waals surface area contributed by atoms with E-state index in [2.05, 4.69) is 0 Å². The Hall–Kier alpha value is -3.20. The first-order chi connectivity index (χ1) is 15.3. The van der Waals surface area contributed by atoms with E-state index in [1.165, 1.54) is 19.2 Å². The number of methoxy groups -OCH3 is 1. The molecule has 2 aromatic rings. The van der Waals surface area contributed by atoms with Crippen LogP contribution >= 0.6 is 0 Å². The third-order valence-electron chi connectivity index (χ3n) is 6.05. The number of ether oxygens (including phenoxy) is 1. The average Bonchev–Trinajstić information content (AvgIpc) is 3.07. The Balaban J connectivity index is 1.32. The summed E-state index contributed by atoms with van der Waals surface area (Å²) in [5, 5.41) is -0.559. The Kier molecular flexibility index (Phi) is 6.01. The third kappa shape index (κ3) is 4.00. The second-order valence-electron chi connectivity index (χ2n) is 7.86. The summed E-state index contributed by atoms with van der Waals surface area (Å²) in [4.78, 5) is 40.5. The van der Waals surface area contributed by atoms with Crippen molar-refractivity contribution in [3.05, 3.63) is 59.7 Å². The molecular formula is C23H24N2O6S. The van der Waals surface area contributed by atoms with Crippen LogP contribution in [0.1, 0.15) is 40.0 Å². The molecule has 0 N–H and O–H groups in total. The lowest BCUT2D eigenvalue weighted by molar-refractivity contribution is -0.132. The molecule has 4 rings (SSSR count). The fourth-order valence-electron chi connectivity index (χ4n) is 4.18. The van der Waals surface area contributed by atoms with Gasteiger partial charge >= 0.3 is 0 Å². The first kappa shape index (κ1) is 22.0. The van der Waals surface area contributed by atoms with Crippen LogP contribution in [0.2, 0.25) is 0 Å². The summed E-state index contributed by atoms with van der Waals surface area (Å²) in [6.45, 7) is 0.650. The predicted molar refractivity (Wildman–Crippen MR) is 116 cm³/mol. The first-order valence-corrected chi connectivity index (χ1v) is 12.0. The molecule has 0 bridgehead atoms. The number of amides is 3. The van der Waals surface area contributed by atoms with Crippen LogP contribution in [0.5, 0.6) is 5.75 Å². The lowest BCUT2D eigenvalue weighted by Crippen LogP contribution is -2.43. The highest BCUT2D eigenvalue weighted by atomic mass is 32.2. The van der Waals surface area contributed by atoms with Crippen LogP contribution in [0.25, 0.3) is 0 Å². The van der Waals surface area contributed by atoms with E-state index in [-0.39, 0.29) is 35.6 Å². The fourth-order valence-corrected chi connectivity index (χ4v) is 5.91. The topological polar surface area (TPSA) is 101 Å². The van der Waals surface area contributed by atoms with E-state index in [1.807, 2.05) is 0 Å². The quantitative estimate of drug-likeness (QED) is 0.618.